The minimum Gasteiger partial charge on any atom is -0.366 e. The number of pyridine rings is 2. The lowest BCUT2D eigenvalue weighted by Crippen LogP contribution is -2.01. The molecule has 140 valence electrons. The maximum absolute atomic E-state index is 4.56. The van der Waals surface area contributed by atoms with Crippen LogP contribution in [0.4, 0.5) is 5.82 Å². The van der Waals surface area contributed by atoms with Crippen LogP contribution in [0.3, 0.4) is 0 Å². The van der Waals surface area contributed by atoms with Gasteiger partial charge in [-0.1, -0.05) is 36.4 Å². The Hall–Kier alpha value is -4.06. The van der Waals surface area contributed by atoms with E-state index in [4.69, 9.17) is 0 Å². The van der Waals surface area contributed by atoms with E-state index in [0.717, 1.165) is 39.2 Å². The Morgan fingerprint density at radius 3 is 2.66 bits per heavy atom. The molecular weight excluding hydrogens is 360 g/mol. The predicted molar refractivity (Wildman–Crippen MR) is 114 cm³/mol. The summed E-state index contributed by atoms with van der Waals surface area (Å²) in [6, 6.07) is 18.3. The molecule has 0 spiro atoms. The number of nitrogens with zero attached hydrogens (tertiary/aromatic N) is 4. The van der Waals surface area contributed by atoms with Crippen LogP contribution in [0.15, 0.2) is 85.7 Å². The van der Waals surface area contributed by atoms with Crippen LogP contribution in [0.2, 0.25) is 0 Å². The largest absolute Gasteiger partial charge is 0.366 e. The van der Waals surface area contributed by atoms with Crippen LogP contribution in [0, 0.1) is 0 Å². The van der Waals surface area contributed by atoms with Crippen molar-refractivity contribution in [3.63, 3.8) is 0 Å². The number of aromatic amines is 1. The van der Waals surface area contributed by atoms with Crippen molar-refractivity contribution in [3.05, 3.63) is 91.3 Å². The zero-order chi connectivity index (χ0) is 19.5. The summed E-state index contributed by atoms with van der Waals surface area (Å²) in [4.78, 5) is 20.8. The Balaban J connectivity index is 1.47. The van der Waals surface area contributed by atoms with Gasteiger partial charge in [-0.2, -0.15) is 0 Å². The maximum atomic E-state index is 4.56. The van der Waals surface area contributed by atoms with Crippen molar-refractivity contribution in [1.29, 1.82) is 0 Å². The number of aromatic nitrogens is 5. The zero-order valence-corrected chi connectivity index (χ0v) is 15.6. The number of anilines is 1. The summed E-state index contributed by atoms with van der Waals surface area (Å²) in [6.07, 6.45) is 8.98. The van der Waals surface area contributed by atoms with Gasteiger partial charge < -0.3 is 10.3 Å². The average molecular weight is 378 g/mol. The topological polar surface area (TPSA) is 79.4 Å². The van der Waals surface area contributed by atoms with Gasteiger partial charge in [0.1, 0.15) is 17.8 Å². The van der Waals surface area contributed by atoms with E-state index in [9.17, 15) is 0 Å². The fourth-order valence-corrected chi connectivity index (χ4v) is 3.30. The molecule has 4 aromatic heterocycles. The number of benzene rings is 1. The van der Waals surface area contributed by atoms with Crippen LogP contribution in [0.25, 0.3) is 33.4 Å². The van der Waals surface area contributed by atoms with Gasteiger partial charge in [-0.3, -0.25) is 4.98 Å². The van der Waals surface area contributed by atoms with Crippen LogP contribution in [-0.2, 0) is 6.54 Å². The third-order valence-corrected chi connectivity index (χ3v) is 4.79. The molecule has 0 fully saturated rings. The molecule has 1 aromatic carbocycles. The summed E-state index contributed by atoms with van der Waals surface area (Å²) in [5.41, 5.74) is 5.90. The Morgan fingerprint density at radius 2 is 1.79 bits per heavy atom. The molecule has 29 heavy (non-hydrogen) atoms. The maximum Gasteiger partial charge on any atom is 0.137 e. The molecule has 0 atom stereocenters. The smallest absolute Gasteiger partial charge is 0.137 e. The first-order chi connectivity index (χ1) is 14.4. The van der Waals surface area contributed by atoms with E-state index >= 15 is 0 Å². The third kappa shape index (κ3) is 3.55. The molecule has 0 saturated heterocycles. The van der Waals surface area contributed by atoms with Gasteiger partial charge in [0, 0.05) is 59.5 Å². The van der Waals surface area contributed by atoms with Crippen molar-refractivity contribution < 1.29 is 0 Å². The van der Waals surface area contributed by atoms with Gasteiger partial charge in [0.15, 0.2) is 0 Å². The highest BCUT2D eigenvalue weighted by molar-refractivity contribution is 5.95. The van der Waals surface area contributed by atoms with Gasteiger partial charge in [-0.25, -0.2) is 15.0 Å². The summed E-state index contributed by atoms with van der Waals surface area (Å²) in [7, 11) is 0. The second-order valence-corrected chi connectivity index (χ2v) is 6.69. The van der Waals surface area contributed by atoms with Crippen LogP contribution < -0.4 is 5.32 Å². The van der Waals surface area contributed by atoms with E-state index in [1.54, 1.807) is 12.5 Å². The highest BCUT2D eigenvalue weighted by atomic mass is 15.0. The Kier molecular flexibility index (Phi) is 4.42. The quantitative estimate of drug-likeness (QED) is 0.464. The molecule has 0 aliphatic heterocycles. The number of rotatable bonds is 5. The van der Waals surface area contributed by atoms with Gasteiger partial charge in [0.2, 0.25) is 0 Å². The Bertz CT molecular complexity index is 1250. The molecule has 6 nitrogen and oxygen atoms in total. The molecule has 6 heteroatoms. The molecule has 5 rings (SSSR count). The second-order valence-electron chi connectivity index (χ2n) is 6.69. The molecule has 2 N–H and O–H groups in total. The number of nitrogens with one attached hydrogen (secondary N) is 2. The lowest BCUT2D eigenvalue weighted by molar-refractivity contribution is 1.08. The van der Waals surface area contributed by atoms with Gasteiger partial charge in [-0.05, 0) is 17.7 Å². The zero-order valence-electron chi connectivity index (χ0n) is 15.6. The van der Waals surface area contributed by atoms with Gasteiger partial charge in [0.05, 0.1) is 5.69 Å². The van der Waals surface area contributed by atoms with Crippen molar-refractivity contribution in [2.24, 2.45) is 0 Å². The standard InChI is InChI=1S/C23H18N6/c1-2-5-16(6-3-1)11-25-22-10-21(28-15-29-22)20-14-27-23-19(20)9-18(13-26-23)17-7-4-8-24-12-17/h1-10,12-15H,11H2,(H,26,27)(H,25,28,29). The molecule has 5 aromatic rings. The van der Waals surface area contributed by atoms with E-state index in [0.29, 0.717) is 6.54 Å². The van der Waals surface area contributed by atoms with Gasteiger partial charge in [-0.15, -0.1) is 0 Å². The minimum atomic E-state index is 0.706. The van der Waals surface area contributed by atoms with Crippen molar-refractivity contribution in [2.45, 2.75) is 6.54 Å². The number of hydrogen-bond donors (Lipinski definition) is 2. The van der Waals surface area contributed by atoms with Crippen LogP contribution in [-0.4, -0.2) is 24.9 Å². The summed E-state index contributed by atoms with van der Waals surface area (Å²) >= 11 is 0. The molecule has 0 radical (unpaired) electrons. The molecule has 0 aliphatic carbocycles. The van der Waals surface area contributed by atoms with Gasteiger partial charge in [0.25, 0.3) is 0 Å². The summed E-state index contributed by atoms with van der Waals surface area (Å²) in [6.45, 7) is 0.706. The van der Waals surface area contributed by atoms with E-state index in [-0.39, 0.29) is 0 Å². The number of hydrogen-bond acceptors (Lipinski definition) is 5. The van der Waals surface area contributed by atoms with E-state index in [1.165, 1.54) is 5.56 Å². The normalized spacial score (nSPS) is 10.9. The van der Waals surface area contributed by atoms with Crippen LogP contribution in [0.1, 0.15) is 5.56 Å². The molecule has 0 amide bonds. The molecule has 4 heterocycles. The first-order valence-electron chi connectivity index (χ1n) is 9.34. The first kappa shape index (κ1) is 17.1. The Morgan fingerprint density at radius 1 is 0.862 bits per heavy atom. The Labute approximate surface area is 167 Å². The second kappa shape index (κ2) is 7.52. The molecule has 0 bridgehead atoms. The fraction of sp³-hybridized carbons (Fsp3) is 0.0435. The van der Waals surface area contributed by atoms with E-state index in [1.807, 2.05) is 55.0 Å². The monoisotopic (exact) mass is 378 g/mol. The lowest BCUT2D eigenvalue weighted by Gasteiger charge is -2.07. The van der Waals surface area contributed by atoms with E-state index < -0.39 is 0 Å². The SMILES string of the molecule is c1ccc(CNc2cc(-c3c[nH]c4ncc(-c5cccnc5)cc34)ncn2)cc1. The van der Waals surface area contributed by atoms with Crippen molar-refractivity contribution in [1.82, 2.24) is 24.9 Å². The minimum absolute atomic E-state index is 0.706. The van der Waals surface area contributed by atoms with Crippen LogP contribution >= 0.6 is 0 Å². The summed E-state index contributed by atoms with van der Waals surface area (Å²) in [5, 5.41) is 4.38. The van der Waals surface area contributed by atoms with Crippen LogP contribution in [0.5, 0.6) is 0 Å². The van der Waals surface area contributed by atoms with E-state index in [2.05, 4.69) is 48.4 Å². The average Bonchev–Trinajstić information content (AvgIpc) is 3.22. The molecule has 0 aliphatic rings. The highest BCUT2D eigenvalue weighted by Crippen LogP contribution is 2.30. The molecule has 0 unspecified atom stereocenters. The third-order valence-electron chi connectivity index (χ3n) is 4.79. The van der Waals surface area contributed by atoms with Gasteiger partial charge >= 0.3 is 0 Å². The summed E-state index contributed by atoms with van der Waals surface area (Å²) in [5.74, 6) is 0.782. The lowest BCUT2D eigenvalue weighted by atomic mass is 10.1. The summed E-state index contributed by atoms with van der Waals surface area (Å²) < 4.78 is 0. The first-order valence-corrected chi connectivity index (χ1v) is 9.34. The fourth-order valence-electron chi connectivity index (χ4n) is 3.30. The predicted octanol–water partition coefficient (Wildman–Crippen LogP) is 4.69. The number of H-pyrrole nitrogens is 1. The number of fused-ring (bicyclic) bond motifs is 1. The van der Waals surface area contributed by atoms with Crippen molar-refractivity contribution in [2.75, 3.05) is 5.32 Å². The van der Waals surface area contributed by atoms with Crippen molar-refractivity contribution >= 4 is 16.9 Å². The van der Waals surface area contributed by atoms with Crippen molar-refractivity contribution in [3.8, 4) is 22.4 Å². The highest BCUT2D eigenvalue weighted by Gasteiger charge is 2.11. The molecular formula is C23H18N6. The molecule has 0 saturated carbocycles.